The van der Waals surface area contributed by atoms with Crippen LogP contribution in [0.4, 0.5) is 11.4 Å². The Bertz CT molecular complexity index is 767. The van der Waals surface area contributed by atoms with Crippen LogP contribution in [0.15, 0.2) is 65.2 Å². The summed E-state index contributed by atoms with van der Waals surface area (Å²) >= 11 is 10.0. The normalized spacial score (nSPS) is 21.8. The minimum atomic E-state index is 0.312. The maximum atomic E-state index is 6.43. The lowest BCUT2D eigenvalue weighted by Gasteiger charge is -2.24. The molecule has 21 heavy (non-hydrogen) atoms. The summed E-state index contributed by atoms with van der Waals surface area (Å²) in [4.78, 5) is 0. The van der Waals surface area contributed by atoms with Gasteiger partial charge in [0.2, 0.25) is 0 Å². The molecular weight excluding hydrogens is 346 g/mol. The van der Waals surface area contributed by atoms with E-state index < -0.39 is 0 Å². The smallest absolute Gasteiger partial charge is 0.0644 e. The first-order valence-electron chi connectivity index (χ1n) is 6.94. The molecule has 1 aliphatic carbocycles. The molecule has 0 bridgehead atoms. The van der Waals surface area contributed by atoms with Crippen LogP contribution in [0.5, 0.6) is 0 Å². The fourth-order valence-electron chi connectivity index (χ4n) is 3.21. The van der Waals surface area contributed by atoms with Crippen molar-refractivity contribution in [3.63, 3.8) is 0 Å². The molecule has 2 aromatic rings. The lowest BCUT2D eigenvalue weighted by atomic mass is 9.79. The van der Waals surface area contributed by atoms with Gasteiger partial charge < -0.3 is 5.32 Å². The second-order valence-corrected chi connectivity index (χ2v) is 6.70. The van der Waals surface area contributed by atoms with Gasteiger partial charge in [-0.05, 0) is 35.4 Å². The van der Waals surface area contributed by atoms with Crippen molar-refractivity contribution in [2.24, 2.45) is 0 Å². The van der Waals surface area contributed by atoms with Crippen molar-refractivity contribution in [1.29, 1.82) is 0 Å². The Morgan fingerprint density at radius 1 is 0.952 bits per heavy atom. The molecule has 2 aliphatic rings. The summed E-state index contributed by atoms with van der Waals surface area (Å²) in [5, 5.41) is 4.30. The second kappa shape index (κ2) is 5.04. The first kappa shape index (κ1) is 13.2. The number of hydrogen-bond donors (Lipinski definition) is 1. The number of halogens is 2. The summed E-state index contributed by atoms with van der Waals surface area (Å²) in [6.45, 7) is 0. The number of anilines is 2. The zero-order valence-corrected chi connectivity index (χ0v) is 13.5. The quantitative estimate of drug-likeness (QED) is 0.595. The van der Waals surface area contributed by atoms with Crippen LogP contribution < -0.4 is 5.32 Å². The third-order valence-corrected chi connectivity index (χ3v) is 4.98. The third-order valence-electron chi connectivity index (χ3n) is 4.17. The first-order valence-corrected chi connectivity index (χ1v) is 8.11. The number of fused-ring (bicyclic) bond motifs is 5. The molecule has 0 saturated heterocycles. The van der Waals surface area contributed by atoms with E-state index in [4.69, 9.17) is 11.6 Å². The average Bonchev–Trinajstić information content (AvgIpc) is 2.64. The Morgan fingerprint density at radius 2 is 1.71 bits per heavy atom. The van der Waals surface area contributed by atoms with Crippen LogP contribution in [0.2, 0.25) is 5.02 Å². The van der Waals surface area contributed by atoms with Crippen molar-refractivity contribution in [1.82, 2.24) is 0 Å². The van der Waals surface area contributed by atoms with Gasteiger partial charge in [0.15, 0.2) is 0 Å². The van der Waals surface area contributed by atoms with Gasteiger partial charge in [-0.2, -0.15) is 0 Å². The van der Waals surface area contributed by atoms with Gasteiger partial charge in [-0.15, -0.1) is 0 Å². The summed E-state index contributed by atoms with van der Waals surface area (Å²) in [6.07, 6.45) is 8.78. The summed E-state index contributed by atoms with van der Waals surface area (Å²) in [7, 11) is 0. The van der Waals surface area contributed by atoms with Crippen molar-refractivity contribution >= 4 is 38.9 Å². The van der Waals surface area contributed by atoms with E-state index in [2.05, 4.69) is 69.8 Å². The molecule has 1 nitrogen and oxygen atoms in total. The Kier molecular flexibility index (Phi) is 3.16. The van der Waals surface area contributed by atoms with Gasteiger partial charge >= 0.3 is 0 Å². The third kappa shape index (κ3) is 2.14. The monoisotopic (exact) mass is 357 g/mol. The van der Waals surface area contributed by atoms with E-state index in [-0.39, 0.29) is 0 Å². The molecule has 2 aromatic carbocycles. The van der Waals surface area contributed by atoms with Crippen LogP contribution >= 0.6 is 27.5 Å². The molecule has 0 radical (unpaired) electrons. The van der Waals surface area contributed by atoms with E-state index in [1.807, 2.05) is 12.1 Å². The second-order valence-electron chi connectivity index (χ2n) is 5.38. The molecule has 104 valence electrons. The van der Waals surface area contributed by atoms with Crippen LogP contribution in [0, 0.1) is 0 Å². The molecule has 1 N–H and O–H groups in total. The van der Waals surface area contributed by atoms with Gasteiger partial charge in [0, 0.05) is 22.0 Å². The molecule has 0 amide bonds. The van der Waals surface area contributed by atoms with Crippen molar-refractivity contribution in [3.8, 4) is 0 Å². The van der Waals surface area contributed by atoms with Crippen molar-refractivity contribution < 1.29 is 0 Å². The molecule has 1 aliphatic heterocycles. The highest BCUT2D eigenvalue weighted by atomic mass is 79.9. The van der Waals surface area contributed by atoms with Crippen LogP contribution in [0.25, 0.3) is 0 Å². The van der Waals surface area contributed by atoms with E-state index >= 15 is 0 Å². The number of allylic oxidation sites excluding steroid dienone is 4. The lowest BCUT2D eigenvalue weighted by Crippen LogP contribution is -2.08. The molecule has 2 atom stereocenters. The molecule has 0 spiro atoms. The van der Waals surface area contributed by atoms with Crippen LogP contribution in [-0.4, -0.2) is 0 Å². The SMILES string of the molecule is Clc1cccc2c1Nc1ccc(Br)cc1C1C=CC=CC21. The fourth-order valence-corrected chi connectivity index (χ4v) is 3.82. The highest BCUT2D eigenvalue weighted by Crippen LogP contribution is 2.48. The molecule has 2 unspecified atom stereocenters. The van der Waals surface area contributed by atoms with Gasteiger partial charge in [-0.1, -0.05) is 64.0 Å². The fraction of sp³-hybridized carbons (Fsp3) is 0.111. The van der Waals surface area contributed by atoms with Gasteiger partial charge in [0.05, 0.1) is 10.7 Å². The molecule has 3 heteroatoms. The van der Waals surface area contributed by atoms with Crippen molar-refractivity contribution in [3.05, 3.63) is 81.3 Å². The summed E-state index contributed by atoms with van der Waals surface area (Å²) < 4.78 is 1.10. The number of nitrogens with one attached hydrogen (secondary N) is 1. The lowest BCUT2D eigenvalue weighted by molar-refractivity contribution is 0.739. The van der Waals surface area contributed by atoms with E-state index in [1.165, 1.54) is 11.1 Å². The van der Waals surface area contributed by atoms with Crippen molar-refractivity contribution in [2.45, 2.75) is 11.8 Å². The number of benzene rings is 2. The number of hydrogen-bond acceptors (Lipinski definition) is 1. The predicted molar refractivity (Wildman–Crippen MR) is 92.6 cm³/mol. The summed E-state index contributed by atoms with van der Waals surface area (Å²) in [6, 6.07) is 12.5. The zero-order chi connectivity index (χ0) is 14.4. The van der Waals surface area contributed by atoms with Gasteiger partial charge in [0.25, 0.3) is 0 Å². The maximum absolute atomic E-state index is 6.43. The highest BCUT2D eigenvalue weighted by Gasteiger charge is 2.30. The standard InChI is InChI=1S/C18H13BrClN/c19-11-8-9-17-15(10-11)13-5-2-1-4-12(13)14-6-3-7-16(20)18(14)21-17/h1-10,12-13,21H. The van der Waals surface area contributed by atoms with Crippen LogP contribution in [0.3, 0.4) is 0 Å². The number of rotatable bonds is 0. The first-order chi connectivity index (χ1) is 10.2. The summed E-state index contributed by atoms with van der Waals surface area (Å²) in [5.41, 5.74) is 4.69. The van der Waals surface area contributed by atoms with E-state index in [0.29, 0.717) is 11.8 Å². The Labute approximate surface area is 137 Å². The molecule has 0 fully saturated rings. The molecule has 0 aromatic heterocycles. The zero-order valence-electron chi connectivity index (χ0n) is 11.2. The average molecular weight is 359 g/mol. The van der Waals surface area contributed by atoms with Gasteiger partial charge in [-0.25, -0.2) is 0 Å². The maximum Gasteiger partial charge on any atom is 0.0644 e. The van der Waals surface area contributed by atoms with E-state index in [9.17, 15) is 0 Å². The van der Waals surface area contributed by atoms with Crippen LogP contribution in [0.1, 0.15) is 23.0 Å². The Hall–Kier alpha value is -1.51. The summed E-state index contributed by atoms with van der Waals surface area (Å²) in [5.74, 6) is 0.640. The van der Waals surface area contributed by atoms with E-state index in [1.54, 1.807) is 0 Å². The minimum absolute atomic E-state index is 0.312. The van der Waals surface area contributed by atoms with Crippen molar-refractivity contribution in [2.75, 3.05) is 5.32 Å². The number of para-hydroxylation sites is 1. The van der Waals surface area contributed by atoms with Gasteiger partial charge in [-0.3, -0.25) is 0 Å². The minimum Gasteiger partial charge on any atom is -0.354 e. The largest absolute Gasteiger partial charge is 0.354 e. The molecule has 4 rings (SSSR count). The molecular formula is C18H13BrClN. The predicted octanol–water partition coefficient (Wildman–Crippen LogP) is 6.15. The van der Waals surface area contributed by atoms with E-state index in [0.717, 1.165) is 20.9 Å². The molecule has 0 saturated carbocycles. The molecule has 1 heterocycles. The Balaban J connectivity index is 2.00. The van der Waals surface area contributed by atoms with Gasteiger partial charge in [0.1, 0.15) is 0 Å². The Morgan fingerprint density at radius 3 is 2.52 bits per heavy atom. The van der Waals surface area contributed by atoms with Crippen LogP contribution in [-0.2, 0) is 0 Å². The highest BCUT2D eigenvalue weighted by molar-refractivity contribution is 9.10. The topological polar surface area (TPSA) is 12.0 Å².